The first-order valence-electron chi connectivity index (χ1n) is 10.3. The number of allylic oxidation sites excluding steroid dienone is 1. The van der Waals surface area contributed by atoms with E-state index in [2.05, 4.69) is 72.1 Å². The number of hydrogen-bond donors (Lipinski definition) is 2. The van der Waals surface area contributed by atoms with E-state index in [1.54, 1.807) is 11.3 Å². The van der Waals surface area contributed by atoms with Gasteiger partial charge in [-0.15, -0.1) is 11.3 Å². The van der Waals surface area contributed by atoms with Crippen molar-refractivity contribution in [2.45, 2.75) is 12.8 Å². The van der Waals surface area contributed by atoms with E-state index < -0.39 is 0 Å². The summed E-state index contributed by atoms with van der Waals surface area (Å²) in [4.78, 5) is 0. The predicted octanol–water partition coefficient (Wildman–Crippen LogP) is 7.58. The molecule has 0 amide bonds. The number of anilines is 1. The highest BCUT2D eigenvalue weighted by molar-refractivity contribution is 7.26. The molecule has 30 heavy (non-hydrogen) atoms. The van der Waals surface area contributed by atoms with Crippen molar-refractivity contribution in [2.24, 2.45) is 0 Å². The molecule has 2 nitrogen and oxygen atoms in total. The molecule has 146 valence electrons. The highest BCUT2D eigenvalue weighted by Crippen LogP contribution is 2.47. The molecule has 0 atom stereocenters. The summed E-state index contributed by atoms with van der Waals surface area (Å²) >= 11 is 1.79. The lowest BCUT2D eigenvalue weighted by Gasteiger charge is -2.16. The highest BCUT2D eigenvalue weighted by Gasteiger charge is 2.18. The van der Waals surface area contributed by atoms with E-state index in [-0.39, 0.29) is 0 Å². The first-order valence-corrected chi connectivity index (χ1v) is 11.1. The molecule has 0 spiro atoms. The zero-order valence-electron chi connectivity index (χ0n) is 16.7. The lowest BCUT2D eigenvalue weighted by atomic mass is 9.90. The van der Waals surface area contributed by atoms with Crippen LogP contribution in [0.1, 0.15) is 17.5 Å². The predicted molar refractivity (Wildman–Crippen MR) is 131 cm³/mol. The van der Waals surface area contributed by atoms with E-state index in [0.717, 1.165) is 35.0 Å². The Bertz CT molecular complexity index is 1490. The van der Waals surface area contributed by atoms with Crippen LogP contribution in [-0.4, -0.2) is 12.2 Å². The van der Waals surface area contributed by atoms with Gasteiger partial charge in [-0.2, -0.15) is 0 Å². The molecule has 0 bridgehead atoms. The Labute approximate surface area is 179 Å². The Morgan fingerprint density at radius 3 is 2.73 bits per heavy atom. The Balaban J connectivity index is 1.69. The smallest absolute Gasteiger partial charge is 0.140 e. The average molecular weight is 408 g/mol. The first-order chi connectivity index (χ1) is 14.7. The van der Waals surface area contributed by atoms with Crippen LogP contribution in [0.4, 0.5) is 5.69 Å². The number of fused-ring (bicyclic) bond motifs is 6. The Morgan fingerprint density at radius 1 is 0.967 bits per heavy atom. The second kappa shape index (κ2) is 6.61. The summed E-state index contributed by atoms with van der Waals surface area (Å²) in [7, 11) is 1.87. The van der Waals surface area contributed by atoms with Crippen LogP contribution >= 0.6 is 11.3 Å². The maximum absolute atomic E-state index is 10.9. The van der Waals surface area contributed by atoms with Crippen LogP contribution in [0.3, 0.4) is 0 Å². The van der Waals surface area contributed by atoms with E-state index in [0.29, 0.717) is 5.75 Å². The molecular formula is C27H21NOS. The molecule has 6 rings (SSSR count). The van der Waals surface area contributed by atoms with Crippen LogP contribution in [0.15, 0.2) is 66.7 Å². The third-order valence-corrected chi connectivity index (χ3v) is 7.42. The van der Waals surface area contributed by atoms with Gasteiger partial charge in [0.15, 0.2) is 0 Å². The number of thiophene rings is 1. The number of phenolic OH excluding ortho intramolecular Hbond substituents is 1. The maximum atomic E-state index is 10.9. The van der Waals surface area contributed by atoms with Crippen LogP contribution in [-0.2, 0) is 6.42 Å². The topological polar surface area (TPSA) is 32.3 Å². The van der Waals surface area contributed by atoms with Gasteiger partial charge in [-0.05, 0) is 58.5 Å². The van der Waals surface area contributed by atoms with Gasteiger partial charge in [0.1, 0.15) is 5.75 Å². The molecule has 1 heterocycles. The molecule has 0 fully saturated rings. The van der Waals surface area contributed by atoms with Gasteiger partial charge in [-0.25, -0.2) is 0 Å². The molecule has 5 aromatic rings. The van der Waals surface area contributed by atoms with Gasteiger partial charge < -0.3 is 10.4 Å². The van der Waals surface area contributed by atoms with E-state index >= 15 is 0 Å². The van der Waals surface area contributed by atoms with Gasteiger partial charge in [-0.3, -0.25) is 0 Å². The molecule has 0 radical (unpaired) electrons. The molecular weight excluding hydrogens is 386 g/mol. The summed E-state index contributed by atoms with van der Waals surface area (Å²) in [5, 5.41) is 19.0. The van der Waals surface area contributed by atoms with Gasteiger partial charge >= 0.3 is 0 Å². The average Bonchev–Trinajstić information content (AvgIpc) is 3.18. The van der Waals surface area contributed by atoms with Crippen molar-refractivity contribution in [3.63, 3.8) is 0 Å². The normalized spacial score (nSPS) is 13.2. The van der Waals surface area contributed by atoms with Crippen molar-refractivity contribution in [3.05, 3.63) is 77.9 Å². The minimum atomic E-state index is 0.293. The number of nitrogens with one attached hydrogen (secondary N) is 1. The SMILES string of the molecule is CNc1c(O)cc(-c2ccc3ccc4c(c3c2)CCC=C4)c2sc3ccccc3c12. The van der Waals surface area contributed by atoms with Gasteiger partial charge in [0.05, 0.1) is 5.69 Å². The summed E-state index contributed by atoms with van der Waals surface area (Å²) in [6, 6.07) is 21.5. The van der Waals surface area contributed by atoms with Gasteiger partial charge in [-0.1, -0.05) is 54.6 Å². The second-order valence-corrected chi connectivity index (χ2v) is 8.93. The summed E-state index contributed by atoms with van der Waals surface area (Å²) in [6.07, 6.45) is 6.67. The number of hydrogen-bond acceptors (Lipinski definition) is 3. The number of aryl methyl sites for hydroxylation is 1. The third kappa shape index (κ3) is 2.49. The van der Waals surface area contributed by atoms with E-state index in [1.807, 2.05) is 13.1 Å². The van der Waals surface area contributed by atoms with Crippen molar-refractivity contribution in [1.82, 2.24) is 0 Å². The molecule has 4 aromatic carbocycles. The van der Waals surface area contributed by atoms with Gasteiger partial charge in [0, 0.05) is 32.8 Å². The standard InChI is InChI=1S/C27H21NOS/c1-28-26-23(29)15-22(27-25(26)20-8-4-5-9-24(20)30-27)18-13-12-17-11-10-16-6-2-3-7-19(16)21(17)14-18/h2,4-6,8-15,28-29H,3,7H2,1H3. The van der Waals surface area contributed by atoms with Crippen molar-refractivity contribution in [3.8, 4) is 16.9 Å². The molecule has 0 saturated carbocycles. The van der Waals surface area contributed by atoms with Crippen LogP contribution in [0.2, 0.25) is 0 Å². The molecule has 1 aliphatic rings. The lowest BCUT2D eigenvalue weighted by Crippen LogP contribution is -1.96. The summed E-state index contributed by atoms with van der Waals surface area (Å²) < 4.78 is 2.45. The van der Waals surface area contributed by atoms with Crippen molar-refractivity contribution in [1.29, 1.82) is 0 Å². The third-order valence-electron chi connectivity index (χ3n) is 6.22. The van der Waals surface area contributed by atoms with E-state index in [4.69, 9.17) is 0 Å². The number of benzene rings is 4. The van der Waals surface area contributed by atoms with Crippen molar-refractivity contribution in [2.75, 3.05) is 12.4 Å². The fraction of sp³-hybridized carbons (Fsp3) is 0.111. The van der Waals surface area contributed by atoms with Gasteiger partial charge in [0.25, 0.3) is 0 Å². The zero-order chi connectivity index (χ0) is 20.2. The molecule has 2 N–H and O–H groups in total. The lowest BCUT2D eigenvalue weighted by molar-refractivity contribution is 0.478. The maximum Gasteiger partial charge on any atom is 0.140 e. The number of phenols is 1. The highest BCUT2D eigenvalue weighted by atomic mass is 32.1. The Kier molecular flexibility index (Phi) is 3.87. The van der Waals surface area contributed by atoms with Crippen LogP contribution in [0, 0.1) is 0 Å². The second-order valence-electron chi connectivity index (χ2n) is 7.88. The van der Waals surface area contributed by atoms with Crippen LogP contribution in [0.5, 0.6) is 5.75 Å². The van der Waals surface area contributed by atoms with Crippen molar-refractivity contribution >= 4 is 54.0 Å². The Hall–Kier alpha value is -3.30. The zero-order valence-corrected chi connectivity index (χ0v) is 17.5. The molecule has 0 saturated heterocycles. The fourth-order valence-electron chi connectivity index (χ4n) is 4.79. The summed E-state index contributed by atoms with van der Waals surface area (Å²) in [5.74, 6) is 0.293. The first kappa shape index (κ1) is 17.5. The van der Waals surface area contributed by atoms with Crippen LogP contribution < -0.4 is 5.32 Å². The molecule has 0 unspecified atom stereocenters. The molecule has 1 aromatic heterocycles. The molecule has 3 heteroatoms. The number of rotatable bonds is 2. The van der Waals surface area contributed by atoms with E-state index in [9.17, 15) is 5.11 Å². The van der Waals surface area contributed by atoms with E-state index in [1.165, 1.54) is 36.7 Å². The largest absolute Gasteiger partial charge is 0.506 e. The quantitative estimate of drug-likeness (QED) is 0.296. The minimum Gasteiger partial charge on any atom is -0.506 e. The van der Waals surface area contributed by atoms with Gasteiger partial charge in [0.2, 0.25) is 0 Å². The number of aromatic hydroxyl groups is 1. The fourth-order valence-corrected chi connectivity index (χ4v) is 6.04. The Morgan fingerprint density at radius 2 is 1.83 bits per heavy atom. The minimum absolute atomic E-state index is 0.293. The van der Waals surface area contributed by atoms with Crippen LogP contribution in [0.25, 0.3) is 48.1 Å². The molecule has 0 aliphatic heterocycles. The monoisotopic (exact) mass is 407 g/mol. The summed E-state index contributed by atoms with van der Waals surface area (Å²) in [6.45, 7) is 0. The summed E-state index contributed by atoms with van der Waals surface area (Å²) in [5.41, 5.74) is 5.80. The van der Waals surface area contributed by atoms with Crippen molar-refractivity contribution < 1.29 is 5.11 Å². The molecule has 1 aliphatic carbocycles.